The molecule has 0 radical (unpaired) electrons. The highest BCUT2D eigenvalue weighted by Gasteiger charge is 2.20. The first kappa shape index (κ1) is 16.6. The number of methoxy groups -OCH3 is 2. The van der Waals surface area contributed by atoms with Crippen molar-refractivity contribution in [1.82, 2.24) is 0 Å². The lowest BCUT2D eigenvalue weighted by molar-refractivity contribution is -0.385. The third-order valence-electron chi connectivity index (χ3n) is 2.93. The smallest absolute Gasteiger partial charge is 0.341 e. The number of nitrogens with zero attached hydrogens (tertiary/aromatic N) is 1. The molecule has 0 amide bonds. The number of nitro benzene ring substituents is 1. The minimum Gasteiger partial charge on any atom is -0.497 e. The Morgan fingerprint density at radius 2 is 1.87 bits per heavy atom. The number of ether oxygens (including phenoxy) is 3. The number of esters is 1. The summed E-state index contributed by atoms with van der Waals surface area (Å²) in [6.07, 6.45) is 0. The Hall–Kier alpha value is -2.80. The molecular formula is C15H12ClNO6. The molecule has 2 rings (SSSR count). The number of benzene rings is 2. The van der Waals surface area contributed by atoms with Crippen LogP contribution in [0.5, 0.6) is 17.2 Å². The highest BCUT2D eigenvalue weighted by atomic mass is 35.5. The molecule has 0 fully saturated rings. The van der Waals surface area contributed by atoms with Crippen LogP contribution in [-0.4, -0.2) is 25.1 Å². The maximum Gasteiger partial charge on any atom is 0.341 e. The molecule has 0 saturated carbocycles. The van der Waals surface area contributed by atoms with Gasteiger partial charge in [-0.05, 0) is 18.2 Å². The van der Waals surface area contributed by atoms with Crippen LogP contribution in [0.2, 0.25) is 5.02 Å². The van der Waals surface area contributed by atoms with Gasteiger partial charge in [0.2, 0.25) is 5.75 Å². The zero-order valence-electron chi connectivity index (χ0n) is 12.2. The monoisotopic (exact) mass is 337 g/mol. The highest BCUT2D eigenvalue weighted by molar-refractivity contribution is 6.30. The molecule has 0 spiro atoms. The zero-order chi connectivity index (χ0) is 17.0. The summed E-state index contributed by atoms with van der Waals surface area (Å²) in [5, 5.41) is 11.3. The first-order valence-corrected chi connectivity index (χ1v) is 6.72. The SMILES string of the molecule is COC(=O)c1ccc(OC)cc1Oc1cc(Cl)ccc1[N+](=O)[O-]. The fourth-order valence-electron chi connectivity index (χ4n) is 1.83. The van der Waals surface area contributed by atoms with Crippen LogP contribution in [0.4, 0.5) is 5.69 Å². The van der Waals surface area contributed by atoms with Crippen molar-refractivity contribution in [3.8, 4) is 17.2 Å². The van der Waals surface area contributed by atoms with E-state index in [1.165, 1.54) is 44.6 Å². The molecule has 0 saturated heterocycles. The summed E-state index contributed by atoms with van der Waals surface area (Å²) in [7, 11) is 2.66. The van der Waals surface area contributed by atoms with Crippen molar-refractivity contribution < 1.29 is 23.9 Å². The fraction of sp³-hybridized carbons (Fsp3) is 0.133. The van der Waals surface area contributed by atoms with Crippen molar-refractivity contribution in [3.05, 3.63) is 57.1 Å². The van der Waals surface area contributed by atoms with Gasteiger partial charge in [0.15, 0.2) is 0 Å². The van der Waals surface area contributed by atoms with E-state index in [0.717, 1.165) is 0 Å². The van der Waals surface area contributed by atoms with Gasteiger partial charge < -0.3 is 14.2 Å². The lowest BCUT2D eigenvalue weighted by atomic mass is 10.2. The van der Waals surface area contributed by atoms with Crippen LogP contribution in [0.1, 0.15) is 10.4 Å². The topological polar surface area (TPSA) is 87.9 Å². The summed E-state index contributed by atoms with van der Waals surface area (Å²) in [5.74, 6) is -0.271. The van der Waals surface area contributed by atoms with Gasteiger partial charge in [-0.3, -0.25) is 10.1 Å². The maximum absolute atomic E-state index is 11.8. The van der Waals surface area contributed by atoms with Crippen molar-refractivity contribution in [2.24, 2.45) is 0 Å². The van der Waals surface area contributed by atoms with E-state index in [2.05, 4.69) is 4.74 Å². The molecule has 0 bridgehead atoms. The Bertz CT molecular complexity index is 762. The summed E-state index contributed by atoms with van der Waals surface area (Å²) in [6, 6.07) is 8.30. The van der Waals surface area contributed by atoms with E-state index >= 15 is 0 Å². The second kappa shape index (κ2) is 6.97. The number of nitro groups is 1. The predicted molar refractivity (Wildman–Crippen MR) is 82.5 cm³/mol. The van der Waals surface area contributed by atoms with Gasteiger partial charge in [0, 0.05) is 23.2 Å². The molecule has 0 aliphatic heterocycles. The van der Waals surface area contributed by atoms with Crippen molar-refractivity contribution in [2.75, 3.05) is 14.2 Å². The maximum atomic E-state index is 11.8. The summed E-state index contributed by atoms with van der Waals surface area (Å²) < 4.78 is 15.3. The van der Waals surface area contributed by atoms with Crippen LogP contribution in [0.15, 0.2) is 36.4 Å². The third kappa shape index (κ3) is 3.70. The van der Waals surface area contributed by atoms with Crippen LogP contribution in [-0.2, 0) is 4.74 Å². The second-order valence-corrected chi connectivity index (χ2v) is 4.76. The van der Waals surface area contributed by atoms with Gasteiger partial charge in [-0.15, -0.1) is 0 Å². The molecule has 120 valence electrons. The predicted octanol–water partition coefficient (Wildman–Crippen LogP) is 3.84. The van der Waals surface area contributed by atoms with E-state index in [-0.39, 0.29) is 27.8 Å². The van der Waals surface area contributed by atoms with Gasteiger partial charge in [-0.1, -0.05) is 11.6 Å². The van der Waals surface area contributed by atoms with Crippen molar-refractivity contribution in [1.29, 1.82) is 0 Å². The number of hydrogen-bond acceptors (Lipinski definition) is 6. The first-order chi connectivity index (χ1) is 11.0. The van der Waals surface area contributed by atoms with Gasteiger partial charge in [-0.25, -0.2) is 4.79 Å². The van der Waals surface area contributed by atoms with Crippen LogP contribution in [0.25, 0.3) is 0 Å². The molecule has 0 unspecified atom stereocenters. The van der Waals surface area contributed by atoms with E-state index in [0.29, 0.717) is 5.75 Å². The van der Waals surface area contributed by atoms with Gasteiger partial charge in [0.05, 0.1) is 19.1 Å². The molecule has 8 heteroatoms. The normalized spacial score (nSPS) is 10.0. The van der Waals surface area contributed by atoms with Crippen LogP contribution < -0.4 is 9.47 Å². The average Bonchev–Trinajstić information content (AvgIpc) is 2.53. The van der Waals surface area contributed by atoms with Gasteiger partial charge in [-0.2, -0.15) is 0 Å². The van der Waals surface area contributed by atoms with Crippen molar-refractivity contribution >= 4 is 23.3 Å². The Morgan fingerprint density at radius 3 is 2.48 bits per heavy atom. The molecule has 0 heterocycles. The van der Waals surface area contributed by atoms with Crippen LogP contribution >= 0.6 is 11.6 Å². The molecule has 0 aromatic heterocycles. The Labute approximate surface area is 136 Å². The summed E-state index contributed by atoms with van der Waals surface area (Å²) in [5.41, 5.74) is -0.185. The van der Waals surface area contributed by atoms with Crippen molar-refractivity contribution in [2.45, 2.75) is 0 Å². The zero-order valence-corrected chi connectivity index (χ0v) is 13.0. The lowest BCUT2D eigenvalue weighted by Crippen LogP contribution is -2.04. The number of carbonyl (C=O) groups is 1. The van der Waals surface area contributed by atoms with Gasteiger partial charge in [0.25, 0.3) is 0 Å². The van der Waals surface area contributed by atoms with Crippen molar-refractivity contribution in [3.63, 3.8) is 0 Å². The van der Waals surface area contributed by atoms with E-state index in [4.69, 9.17) is 21.1 Å². The third-order valence-corrected chi connectivity index (χ3v) is 3.17. The standard InChI is InChI=1S/C15H12ClNO6/c1-21-10-4-5-11(15(18)22-2)13(8-10)23-14-7-9(16)3-6-12(14)17(19)20/h3-8H,1-2H3. The minimum absolute atomic E-state index is 0.0570. The highest BCUT2D eigenvalue weighted by Crippen LogP contribution is 2.36. The average molecular weight is 338 g/mol. The molecule has 7 nitrogen and oxygen atoms in total. The van der Waals surface area contributed by atoms with E-state index < -0.39 is 10.9 Å². The number of halogens is 1. The molecule has 0 aliphatic carbocycles. The molecule has 0 N–H and O–H groups in total. The van der Waals surface area contributed by atoms with E-state index in [1.54, 1.807) is 6.07 Å². The fourth-order valence-corrected chi connectivity index (χ4v) is 1.99. The molecule has 2 aromatic carbocycles. The summed E-state index contributed by atoms with van der Waals surface area (Å²) in [6.45, 7) is 0. The summed E-state index contributed by atoms with van der Waals surface area (Å²) in [4.78, 5) is 22.3. The summed E-state index contributed by atoms with van der Waals surface area (Å²) >= 11 is 5.86. The molecular weight excluding hydrogens is 326 g/mol. The van der Waals surface area contributed by atoms with E-state index in [1.807, 2.05) is 0 Å². The molecule has 2 aromatic rings. The largest absolute Gasteiger partial charge is 0.497 e. The minimum atomic E-state index is -0.646. The lowest BCUT2D eigenvalue weighted by Gasteiger charge is -2.12. The Balaban J connectivity index is 2.52. The Kier molecular flexibility index (Phi) is 5.02. The Morgan fingerprint density at radius 1 is 1.13 bits per heavy atom. The molecule has 0 atom stereocenters. The molecule has 23 heavy (non-hydrogen) atoms. The van der Waals surface area contributed by atoms with E-state index in [9.17, 15) is 14.9 Å². The van der Waals surface area contributed by atoms with Crippen LogP contribution in [0, 0.1) is 10.1 Å². The number of rotatable bonds is 5. The molecule has 0 aliphatic rings. The van der Waals surface area contributed by atoms with Gasteiger partial charge >= 0.3 is 11.7 Å². The number of carbonyl (C=O) groups excluding carboxylic acids is 1. The quantitative estimate of drug-likeness (QED) is 0.468. The number of hydrogen-bond donors (Lipinski definition) is 0. The first-order valence-electron chi connectivity index (χ1n) is 6.34. The van der Waals surface area contributed by atoms with Crippen LogP contribution in [0.3, 0.4) is 0 Å². The van der Waals surface area contributed by atoms with Gasteiger partial charge in [0.1, 0.15) is 17.1 Å². The second-order valence-electron chi connectivity index (χ2n) is 4.32.